The quantitative estimate of drug-likeness (QED) is 0.932. The maximum absolute atomic E-state index is 13.7. The number of halogens is 2. The average Bonchev–Trinajstić information content (AvgIpc) is 2.43. The van der Waals surface area contributed by atoms with Crippen molar-refractivity contribution in [3.8, 4) is 6.07 Å². The van der Waals surface area contributed by atoms with Crippen LogP contribution in [-0.4, -0.2) is 4.98 Å². The van der Waals surface area contributed by atoms with Crippen LogP contribution in [0.2, 0.25) is 5.02 Å². The van der Waals surface area contributed by atoms with Gasteiger partial charge >= 0.3 is 0 Å². The molecule has 0 saturated heterocycles. The standard InChI is InChI=1S/C14H11ClFN3/c15-11-5-3-6-12(16)14(11)13(8-17)19-9-10-4-1-2-7-18-10/h1-7,13,19H,9H2. The number of nitrogens with one attached hydrogen (secondary N) is 1. The minimum absolute atomic E-state index is 0.169. The summed E-state index contributed by atoms with van der Waals surface area (Å²) in [4.78, 5) is 4.12. The van der Waals surface area contributed by atoms with Crippen molar-refractivity contribution in [1.82, 2.24) is 10.3 Å². The summed E-state index contributed by atoms with van der Waals surface area (Å²) in [5.41, 5.74) is 0.942. The second-order valence-corrected chi connectivity index (χ2v) is 4.31. The summed E-state index contributed by atoms with van der Waals surface area (Å²) >= 11 is 5.94. The van der Waals surface area contributed by atoms with Crippen molar-refractivity contribution in [3.63, 3.8) is 0 Å². The van der Waals surface area contributed by atoms with Gasteiger partial charge in [0, 0.05) is 23.3 Å². The van der Waals surface area contributed by atoms with Crippen LogP contribution < -0.4 is 5.32 Å². The molecule has 0 bridgehead atoms. The number of pyridine rings is 1. The molecule has 1 heterocycles. The number of nitriles is 1. The van der Waals surface area contributed by atoms with Crippen molar-refractivity contribution in [2.45, 2.75) is 12.6 Å². The molecule has 0 radical (unpaired) electrons. The van der Waals surface area contributed by atoms with E-state index in [-0.39, 0.29) is 10.6 Å². The Labute approximate surface area is 115 Å². The van der Waals surface area contributed by atoms with Crippen molar-refractivity contribution in [3.05, 3.63) is 64.7 Å². The molecule has 0 fully saturated rings. The average molecular weight is 276 g/mol. The number of hydrogen-bond donors (Lipinski definition) is 1. The number of rotatable bonds is 4. The van der Waals surface area contributed by atoms with E-state index in [1.165, 1.54) is 12.1 Å². The third-order valence-corrected chi connectivity index (χ3v) is 2.96. The molecule has 2 aromatic rings. The number of hydrogen-bond acceptors (Lipinski definition) is 3. The molecule has 0 amide bonds. The van der Waals surface area contributed by atoms with E-state index >= 15 is 0 Å². The van der Waals surface area contributed by atoms with Crippen LogP contribution >= 0.6 is 11.6 Å². The molecule has 1 aromatic heterocycles. The van der Waals surface area contributed by atoms with Crippen molar-refractivity contribution in [2.24, 2.45) is 0 Å². The van der Waals surface area contributed by atoms with E-state index in [0.29, 0.717) is 6.54 Å². The SMILES string of the molecule is N#CC(NCc1ccccn1)c1c(F)cccc1Cl. The van der Waals surface area contributed by atoms with Crippen LogP contribution in [-0.2, 0) is 6.54 Å². The summed E-state index contributed by atoms with van der Waals surface area (Å²) in [6.45, 7) is 0.365. The highest BCUT2D eigenvalue weighted by atomic mass is 35.5. The molecule has 96 valence electrons. The molecule has 3 nitrogen and oxygen atoms in total. The van der Waals surface area contributed by atoms with Gasteiger partial charge in [0.05, 0.1) is 11.8 Å². The smallest absolute Gasteiger partial charge is 0.130 e. The zero-order chi connectivity index (χ0) is 13.7. The van der Waals surface area contributed by atoms with Gasteiger partial charge in [0.25, 0.3) is 0 Å². The van der Waals surface area contributed by atoms with Crippen LogP contribution in [0.25, 0.3) is 0 Å². The lowest BCUT2D eigenvalue weighted by Gasteiger charge is -2.13. The first kappa shape index (κ1) is 13.5. The Morgan fingerprint density at radius 3 is 2.79 bits per heavy atom. The van der Waals surface area contributed by atoms with Crippen LogP contribution in [0.5, 0.6) is 0 Å². The van der Waals surface area contributed by atoms with E-state index in [1.54, 1.807) is 18.3 Å². The molecule has 0 aliphatic rings. The van der Waals surface area contributed by atoms with Gasteiger partial charge in [-0.15, -0.1) is 0 Å². The molecule has 1 aromatic carbocycles. The summed E-state index contributed by atoms with van der Waals surface area (Å²) < 4.78 is 13.7. The molecule has 0 aliphatic heterocycles. The van der Waals surface area contributed by atoms with E-state index < -0.39 is 11.9 Å². The lowest BCUT2D eigenvalue weighted by atomic mass is 10.1. The summed E-state index contributed by atoms with van der Waals surface area (Å²) in [7, 11) is 0. The maximum Gasteiger partial charge on any atom is 0.130 e. The number of nitrogens with zero attached hydrogens (tertiary/aromatic N) is 2. The number of aromatic nitrogens is 1. The van der Waals surface area contributed by atoms with Gasteiger partial charge in [-0.25, -0.2) is 4.39 Å². The Kier molecular flexibility index (Phi) is 4.45. The molecule has 1 unspecified atom stereocenters. The van der Waals surface area contributed by atoms with E-state index in [9.17, 15) is 4.39 Å². The Morgan fingerprint density at radius 2 is 2.16 bits per heavy atom. The van der Waals surface area contributed by atoms with Crippen molar-refractivity contribution in [2.75, 3.05) is 0 Å². The summed E-state index contributed by atoms with van der Waals surface area (Å²) in [5, 5.41) is 12.3. The molecule has 1 atom stereocenters. The molecule has 19 heavy (non-hydrogen) atoms. The summed E-state index contributed by atoms with van der Waals surface area (Å²) in [6, 6.07) is 11.0. The third kappa shape index (κ3) is 3.28. The minimum atomic E-state index is -0.810. The predicted molar refractivity (Wildman–Crippen MR) is 70.8 cm³/mol. The van der Waals surface area contributed by atoms with Crippen molar-refractivity contribution < 1.29 is 4.39 Å². The van der Waals surface area contributed by atoms with Crippen molar-refractivity contribution >= 4 is 11.6 Å². The van der Waals surface area contributed by atoms with E-state index in [0.717, 1.165) is 5.69 Å². The van der Waals surface area contributed by atoms with E-state index in [2.05, 4.69) is 10.3 Å². The molecule has 5 heteroatoms. The van der Waals surface area contributed by atoms with E-state index in [1.807, 2.05) is 18.2 Å². The van der Waals surface area contributed by atoms with Crippen molar-refractivity contribution in [1.29, 1.82) is 5.26 Å². The zero-order valence-corrected chi connectivity index (χ0v) is 10.7. The Balaban J connectivity index is 2.16. The fraction of sp³-hybridized carbons (Fsp3) is 0.143. The van der Waals surface area contributed by atoms with Gasteiger partial charge in [0.15, 0.2) is 0 Å². The lowest BCUT2D eigenvalue weighted by molar-refractivity contribution is 0.559. The van der Waals surface area contributed by atoms with Gasteiger partial charge in [0.1, 0.15) is 11.9 Å². The van der Waals surface area contributed by atoms with Crippen LogP contribution in [0.15, 0.2) is 42.6 Å². The third-order valence-electron chi connectivity index (χ3n) is 2.63. The van der Waals surface area contributed by atoms with Gasteiger partial charge in [-0.05, 0) is 24.3 Å². The van der Waals surface area contributed by atoms with Gasteiger partial charge in [0.2, 0.25) is 0 Å². The second-order valence-electron chi connectivity index (χ2n) is 3.90. The molecule has 2 rings (SSSR count). The fourth-order valence-corrected chi connectivity index (χ4v) is 1.98. The molecular weight excluding hydrogens is 265 g/mol. The lowest BCUT2D eigenvalue weighted by Crippen LogP contribution is -2.21. The molecule has 0 saturated carbocycles. The predicted octanol–water partition coefficient (Wildman–Crippen LogP) is 3.23. The largest absolute Gasteiger partial charge is 0.292 e. The first-order chi connectivity index (χ1) is 9.22. The first-order valence-corrected chi connectivity index (χ1v) is 6.07. The molecule has 1 N–H and O–H groups in total. The van der Waals surface area contributed by atoms with Gasteiger partial charge in [-0.1, -0.05) is 23.7 Å². The fourth-order valence-electron chi connectivity index (χ4n) is 1.71. The number of benzene rings is 1. The Bertz CT molecular complexity index is 575. The zero-order valence-electron chi connectivity index (χ0n) is 9.98. The van der Waals surface area contributed by atoms with Gasteiger partial charge in [-0.3, -0.25) is 10.3 Å². The molecular formula is C14H11ClFN3. The highest BCUT2D eigenvalue weighted by Crippen LogP contribution is 2.25. The van der Waals surface area contributed by atoms with Crippen LogP contribution in [0.3, 0.4) is 0 Å². The van der Waals surface area contributed by atoms with Crippen LogP contribution in [0.1, 0.15) is 17.3 Å². The highest BCUT2D eigenvalue weighted by molar-refractivity contribution is 6.31. The first-order valence-electron chi connectivity index (χ1n) is 5.69. The van der Waals surface area contributed by atoms with Crippen LogP contribution in [0.4, 0.5) is 4.39 Å². The second kappa shape index (κ2) is 6.28. The van der Waals surface area contributed by atoms with Gasteiger partial charge < -0.3 is 0 Å². The monoisotopic (exact) mass is 275 g/mol. The normalized spacial score (nSPS) is 11.8. The maximum atomic E-state index is 13.7. The summed E-state index contributed by atoms with van der Waals surface area (Å²) in [6.07, 6.45) is 1.66. The molecule has 0 aliphatic carbocycles. The minimum Gasteiger partial charge on any atom is -0.292 e. The van der Waals surface area contributed by atoms with Gasteiger partial charge in [-0.2, -0.15) is 5.26 Å². The van der Waals surface area contributed by atoms with E-state index in [4.69, 9.17) is 16.9 Å². The molecule has 0 spiro atoms. The Morgan fingerprint density at radius 1 is 1.32 bits per heavy atom. The Hall–Kier alpha value is -1.96. The summed E-state index contributed by atoms with van der Waals surface area (Å²) in [5.74, 6) is -0.493. The highest BCUT2D eigenvalue weighted by Gasteiger charge is 2.18. The van der Waals surface area contributed by atoms with Crippen LogP contribution in [0, 0.1) is 17.1 Å². The topological polar surface area (TPSA) is 48.7 Å².